The molecule has 2 N–H and O–H groups in total. The molecule has 43 heavy (non-hydrogen) atoms. The Morgan fingerprint density at radius 2 is 1.77 bits per heavy atom. The molecule has 0 bridgehead atoms. The van der Waals surface area contributed by atoms with Crippen LogP contribution in [0.15, 0.2) is 60.7 Å². The maximum Gasteiger partial charge on any atom is 0.760 e. The molecule has 0 saturated carbocycles. The summed E-state index contributed by atoms with van der Waals surface area (Å²) in [5.41, 5.74) is 4.65. The molecule has 0 aromatic heterocycles. The number of benzene rings is 3. The zero-order valence-electron chi connectivity index (χ0n) is 23.9. The summed E-state index contributed by atoms with van der Waals surface area (Å²) in [5, 5.41) is 5.14. The van der Waals surface area contributed by atoms with E-state index in [1.807, 2.05) is 18.2 Å². The van der Waals surface area contributed by atoms with Gasteiger partial charge >= 0.3 is 7.05 Å². The van der Waals surface area contributed by atoms with Gasteiger partial charge in [-0.1, -0.05) is 36.4 Å². The minimum atomic E-state index is -1.06. The van der Waals surface area contributed by atoms with Crippen molar-refractivity contribution in [2.24, 2.45) is 0 Å². The standard InChI is InChI=1S/C32H27BN4O6/c1-17-19-9-4-5-12-22(19)33-37(17)32(2,3)27-21(11-7-13-24(27)43-33)28(39)34-16-18-8-6-10-20-26(18)31(42)36(30(20)41)23-14-15-25(38)35-29(23)40/h4-13,23H,14-16H2,1-3H3,(H-,34,35,38,39,40)/p+1. The molecule has 0 spiro atoms. The van der Waals surface area contributed by atoms with E-state index in [0.29, 0.717) is 16.9 Å². The van der Waals surface area contributed by atoms with E-state index in [2.05, 4.69) is 48.0 Å². The highest BCUT2D eigenvalue weighted by Crippen LogP contribution is 2.42. The van der Waals surface area contributed by atoms with Gasteiger partial charge in [0.2, 0.25) is 11.8 Å². The molecular weight excluding hydrogens is 547 g/mol. The molecule has 1 fully saturated rings. The van der Waals surface area contributed by atoms with Gasteiger partial charge in [0.05, 0.1) is 27.7 Å². The second-order valence-corrected chi connectivity index (χ2v) is 11.7. The second kappa shape index (κ2) is 9.48. The van der Waals surface area contributed by atoms with Crippen molar-refractivity contribution in [1.82, 2.24) is 15.5 Å². The predicted molar refractivity (Wildman–Crippen MR) is 156 cm³/mol. The molecule has 10 nitrogen and oxygen atoms in total. The minimum Gasteiger partial charge on any atom is -0.496 e. The van der Waals surface area contributed by atoms with Gasteiger partial charge in [-0.25, -0.2) is 0 Å². The van der Waals surface area contributed by atoms with Gasteiger partial charge in [-0.05, 0) is 36.2 Å². The lowest BCUT2D eigenvalue weighted by atomic mass is 9.67. The summed E-state index contributed by atoms with van der Waals surface area (Å²) in [6, 6.07) is 17.3. The van der Waals surface area contributed by atoms with Crippen LogP contribution >= 0.6 is 0 Å². The van der Waals surface area contributed by atoms with Crippen molar-refractivity contribution in [2.75, 3.05) is 0 Å². The summed E-state index contributed by atoms with van der Waals surface area (Å²) in [5.74, 6) is -2.03. The molecule has 4 aliphatic rings. The third-order valence-electron chi connectivity index (χ3n) is 8.93. The largest absolute Gasteiger partial charge is 0.760 e. The molecule has 3 aromatic rings. The number of piperidine rings is 1. The quantitative estimate of drug-likeness (QED) is 0.362. The molecule has 0 aliphatic carbocycles. The van der Waals surface area contributed by atoms with Crippen LogP contribution in [0.2, 0.25) is 0 Å². The third kappa shape index (κ3) is 3.87. The van der Waals surface area contributed by atoms with Crippen molar-refractivity contribution >= 4 is 47.8 Å². The van der Waals surface area contributed by atoms with E-state index >= 15 is 0 Å². The maximum absolute atomic E-state index is 13.8. The first-order chi connectivity index (χ1) is 20.6. The van der Waals surface area contributed by atoms with Crippen LogP contribution in [0.5, 0.6) is 5.75 Å². The molecule has 1 unspecified atom stereocenters. The Morgan fingerprint density at radius 3 is 2.56 bits per heavy atom. The zero-order valence-corrected chi connectivity index (χ0v) is 23.9. The highest BCUT2D eigenvalue weighted by atomic mass is 16.5. The van der Waals surface area contributed by atoms with Crippen LogP contribution < -0.4 is 20.8 Å². The van der Waals surface area contributed by atoms with Crippen molar-refractivity contribution < 1.29 is 33.1 Å². The summed E-state index contributed by atoms with van der Waals surface area (Å²) < 4.78 is 8.70. The molecular formula is C32H28BN4O6+. The fraction of sp³-hybridized carbons (Fsp3) is 0.250. The van der Waals surface area contributed by atoms with Crippen LogP contribution in [0.4, 0.5) is 0 Å². The van der Waals surface area contributed by atoms with Crippen LogP contribution in [0.25, 0.3) is 0 Å². The Labute approximate surface area is 247 Å². The molecule has 7 rings (SSSR count). The van der Waals surface area contributed by atoms with E-state index in [1.54, 1.807) is 24.3 Å². The van der Waals surface area contributed by atoms with E-state index in [0.717, 1.165) is 27.2 Å². The number of hydrogen-bond donors (Lipinski definition) is 2. The van der Waals surface area contributed by atoms with E-state index in [1.165, 1.54) is 6.07 Å². The molecule has 11 heteroatoms. The Bertz CT molecular complexity index is 1850. The van der Waals surface area contributed by atoms with Gasteiger partial charge in [0.1, 0.15) is 11.8 Å². The topological polar surface area (TPSA) is 125 Å². The highest BCUT2D eigenvalue weighted by molar-refractivity contribution is 6.65. The van der Waals surface area contributed by atoms with Crippen molar-refractivity contribution in [3.05, 3.63) is 94.0 Å². The summed E-state index contributed by atoms with van der Waals surface area (Å²) in [6.07, 6.45) is 0.106. The zero-order chi connectivity index (χ0) is 30.2. The molecule has 4 aliphatic heterocycles. The molecule has 3 aromatic carbocycles. The number of imide groups is 2. The van der Waals surface area contributed by atoms with Crippen LogP contribution in [0, 0.1) is 0 Å². The minimum absolute atomic E-state index is 0.0158. The predicted octanol–water partition coefficient (Wildman–Crippen LogP) is 1.88. The van der Waals surface area contributed by atoms with Gasteiger partial charge in [0, 0.05) is 39.3 Å². The van der Waals surface area contributed by atoms with Crippen LogP contribution in [-0.4, -0.2) is 57.7 Å². The van der Waals surface area contributed by atoms with Crippen LogP contribution in [0.3, 0.4) is 0 Å². The first-order valence-corrected chi connectivity index (χ1v) is 14.2. The molecule has 1 saturated heterocycles. The van der Waals surface area contributed by atoms with E-state index in [-0.39, 0.29) is 43.5 Å². The van der Waals surface area contributed by atoms with Gasteiger partial charge in [-0.3, -0.25) is 38.7 Å². The lowest BCUT2D eigenvalue weighted by molar-refractivity contribution is -0.500. The number of hydrogen-bond acceptors (Lipinski definition) is 6. The number of carbonyl (C=O) groups is 5. The van der Waals surface area contributed by atoms with Crippen LogP contribution in [0.1, 0.15) is 81.4 Å². The van der Waals surface area contributed by atoms with Crippen LogP contribution in [-0.2, 0) is 21.7 Å². The fourth-order valence-electron chi connectivity index (χ4n) is 7.01. The normalized spacial score (nSPS) is 19.8. The molecule has 5 amide bonds. The van der Waals surface area contributed by atoms with E-state index in [9.17, 15) is 24.0 Å². The smallest absolute Gasteiger partial charge is 0.496 e. The van der Waals surface area contributed by atoms with Gasteiger partial charge in [0.15, 0.2) is 11.3 Å². The summed E-state index contributed by atoms with van der Waals surface area (Å²) in [6.45, 7) is 6.19. The summed E-state index contributed by atoms with van der Waals surface area (Å²) in [7, 11) is -0.306. The first-order valence-electron chi connectivity index (χ1n) is 14.2. The lowest BCUT2D eigenvalue weighted by Crippen LogP contribution is -2.55. The van der Waals surface area contributed by atoms with Crippen molar-refractivity contribution in [3.63, 3.8) is 0 Å². The molecule has 214 valence electrons. The summed E-state index contributed by atoms with van der Waals surface area (Å²) >= 11 is 0. The average molecular weight is 575 g/mol. The lowest BCUT2D eigenvalue weighted by Gasteiger charge is -2.34. The van der Waals surface area contributed by atoms with E-state index < -0.39 is 35.2 Å². The number of carbonyl (C=O) groups excluding carboxylic acids is 5. The van der Waals surface area contributed by atoms with Gasteiger partial charge in [-0.2, -0.15) is 0 Å². The SMILES string of the molecule is CC1=[N+]2B(Oc3cccc(C(=O)NCc4cccc5c4C(=O)N(C4CCC(=O)NC4=O)C5=O)c3C2(C)C)c2ccccc21. The monoisotopic (exact) mass is 575 g/mol. The van der Waals surface area contributed by atoms with Crippen molar-refractivity contribution in [3.8, 4) is 5.75 Å². The molecule has 0 radical (unpaired) electrons. The Balaban J connectivity index is 1.17. The van der Waals surface area contributed by atoms with E-state index in [4.69, 9.17) is 4.65 Å². The fourth-order valence-corrected chi connectivity index (χ4v) is 7.01. The van der Waals surface area contributed by atoms with Crippen molar-refractivity contribution in [2.45, 2.75) is 51.7 Å². The number of nitrogens with one attached hydrogen (secondary N) is 2. The van der Waals surface area contributed by atoms with Gasteiger partial charge in [-0.15, -0.1) is 0 Å². The number of rotatable bonds is 4. The van der Waals surface area contributed by atoms with Gasteiger partial charge in [0.25, 0.3) is 17.7 Å². The Hall–Kier alpha value is -5.06. The number of fused-ring (bicyclic) bond motifs is 5. The number of nitrogens with zero attached hydrogens (tertiary/aromatic N) is 2. The number of amides is 5. The van der Waals surface area contributed by atoms with Crippen molar-refractivity contribution in [1.29, 1.82) is 0 Å². The Morgan fingerprint density at radius 1 is 1.02 bits per heavy atom. The highest BCUT2D eigenvalue weighted by Gasteiger charge is 2.59. The Kier molecular flexibility index (Phi) is 5.92. The summed E-state index contributed by atoms with van der Waals surface area (Å²) in [4.78, 5) is 65.5. The first kappa shape index (κ1) is 26.8. The molecule has 1 atom stereocenters. The molecule has 4 heterocycles. The van der Waals surface area contributed by atoms with Gasteiger partial charge < -0.3 is 9.97 Å². The third-order valence-corrected chi connectivity index (χ3v) is 8.93. The maximum atomic E-state index is 13.8. The average Bonchev–Trinajstić information content (AvgIpc) is 3.42. The second-order valence-electron chi connectivity index (χ2n) is 11.7.